The largest absolute Gasteiger partial charge is 0.461 e. The standard InChI is InChI=1S/C27H30N2O4S/c1-3-4-9-18(2)33-26(30)25(14-19-16-34-17-28-19)29-27(31)32-15-24-22-12-7-5-10-20(22)21-11-6-8-13-23(21)24/h5-8,10-13,16-18,24-25H,3-4,9,14-15H2,1-2H3,(H,29,31)/t18-,25+/m1/s1. The van der Waals surface area contributed by atoms with Crippen LogP contribution in [0.25, 0.3) is 11.1 Å². The monoisotopic (exact) mass is 478 g/mol. The lowest BCUT2D eigenvalue weighted by Crippen LogP contribution is -2.44. The number of rotatable bonds is 10. The Morgan fingerprint density at radius 1 is 1.09 bits per heavy atom. The van der Waals surface area contributed by atoms with Gasteiger partial charge in [0.15, 0.2) is 0 Å². The number of ether oxygens (including phenoxy) is 2. The summed E-state index contributed by atoms with van der Waals surface area (Å²) in [5.74, 6) is -0.513. The molecule has 2 atom stereocenters. The Kier molecular flexibility index (Phi) is 7.95. The minimum absolute atomic E-state index is 0.0452. The van der Waals surface area contributed by atoms with Crippen molar-refractivity contribution in [1.82, 2.24) is 10.3 Å². The van der Waals surface area contributed by atoms with Gasteiger partial charge in [-0.15, -0.1) is 11.3 Å². The van der Waals surface area contributed by atoms with Crippen LogP contribution in [0, 0.1) is 0 Å². The quantitative estimate of drug-likeness (QED) is 0.377. The zero-order valence-corrected chi connectivity index (χ0v) is 20.3. The number of amides is 1. The van der Waals surface area contributed by atoms with E-state index < -0.39 is 18.1 Å². The Hall–Kier alpha value is -3.19. The highest BCUT2D eigenvalue weighted by Gasteiger charge is 2.30. The van der Waals surface area contributed by atoms with Crippen molar-refractivity contribution in [3.05, 3.63) is 76.2 Å². The van der Waals surface area contributed by atoms with E-state index in [0.29, 0.717) is 0 Å². The third kappa shape index (κ3) is 5.65. The van der Waals surface area contributed by atoms with E-state index in [-0.39, 0.29) is 25.0 Å². The first-order chi connectivity index (χ1) is 16.6. The number of fused-ring (bicyclic) bond motifs is 3. The fourth-order valence-electron chi connectivity index (χ4n) is 4.35. The molecule has 0 radical (unpaired) electrons. The topological polar surface area (TPSA) is 77.5 Å². The Bertz CT molecular complexity index is 1070. The molecular weight excluding hydrogens is 448 g/mol. The fourth-order valence-corrected chi connectivity index (χ4v) is 4.93. The van der Waals surface area contributed by atoms with Crippen LogP contribution in [0.1, 0.15) is 55.8 Å². The van der Waals surface area contributed by atoms with Crippen LogP contribution in [-0.2, 0) is 20.7 Å². The lowest BCUT2D eigenvalue weighted by atomic mass is 9.98. The van der Waals surface area contributed by atoms with Crippen LogP contribution in [0.3, 0.4) is 0 Å². The minimum Gasteiger partial charge on any atom is -0.461 e. The van der Waals surface area contributed by atoms with Gasteiger partial charge in [-0.05, 0) is 35.6 Å². The lowest BCUT2D eigenvalue weighted by Gasteiger charge is -2.21. The number of thiazole rings is 1. The Balaban J connectivity index is 1.41. The molecule has 0 spiro atoms. The SMILES string of the molecule is CCCC[C@@H](C)OC(=O)[C@H](Cc1cscn1)NC(=O)OCC1c2ccccc2-c2ccccc21. The zero-order valence-electron chi connectivity index (χ0n) is 19.5. The summed E-state index contributed by atoms with van der Waals surface area (Å²) in [5, 5.41) is 4.58. The molecule has 1 N–H and O–H groups in total. The smallest absolute Gasteiger partial charge is 0.407 e. The predicted molar refractivity (Wildman–Crippen MR) is 133 cm³/mol. The van der Waals surface area contributed by atoms with Crippen molar-refractivity contribution < 1.29 is 19.1 Å². The maximum Gasteiger partial charge on any atom is 0.407 e. The van der Waals surface area contributed by atoms with Crippen molar-refractivity contribution in [1.29, 1.82) is 0 Å². The van der Waals surface area contributed by atoms with Crippen LogP contribution in [0.15, 0.2) is 59.4 Å². The minimum atomic E-state index is -0.859. The molecule has 0 saturated carbocycles. The molecule has 1 aliphatic rings. The summed E-state index contributed by atoms with van der Waals surface area (Å²) in [4.78, 5) is 29.9. The van der Waals surface area contributed by atoms with Crippen LogP contribution in [-0.4, -0.2) is 35.8 Å². The number of nitrogens with one attached hydrogen (secondary N) is 1. The molecule has 7 heteroatoms. The third-order valence-electron chi connectivity index (χ3n) is 6.10. The molecule has 178 valence electrons. The van der Waals surface area contributed by atoms with Crippen LogP contribution < -0.4 is 5.32 Å². The second-order valence-corrected chi connectivity index (χ2v) is 9.31. The van der Waals surface area contributed by atoms with E-state index >= 15 is 0 Å². The van der Waals surface area contributed by atoms with E-state index in [2.05, 4.69) is 41.5 Å². The van der Waals surface area contributed by atoms with Crippen LogP contribution in [0.5, 0.6) is 0 Å². The van der Waals surface area contributed by atoms with Gasteiger partial charge in [-0.1, -0.05) is 68.3 Å². The van der Waals surface area contributed by atoms with E-state index in [1.54, 1.807) is 5.51 Å². The van der Waals surface area contributed by atoms with Gasteiger partial charge in [-0.25, -0.2) is 14.6 Å². The number of carbonyl (C=O) groups excluding carboxylic acids is 2. The van der Waals surface area contributed by atoms with E-state index in [4.69, 9.17) is 9.47 Å². The third-order valence-corrected chi connectivity index (χ3v) is 6.73. The number of alkyl carbamates (subject to hydrolysis) is 1. The molecule has 0 saturated heterocycles. The second-order valence-electron chi connectivity index (χ2n) is 8.60. The van der Waals surface area contributed by atoms with Crippen molar-refractivity contribution >= 4 is 23.4 Å². The van der Waals surface area contributed by atoms with Gasteiger partial charge >= 0.3 is 12.1 Å². The highest BCUT2D eigenvalue weighted by molar-refractivity contribution is 7.07. The van der Waals surface area contributed by atoms with Gasteiger partial charge in [0.25, 0.3) is 0 Å². The van der Waals surface area contributed by atoms with Crippen LogP contribution in [0.4, 0.5) is 4.79 Å². The first-order valence-electron chi connectivity index (χ1n) is 11.8. The number of aromatic nitrogens is 1. The van der Waals surface area contributed by atoms with Crippen molar-refractivity contribution in [3.8, 4) is 11.1 Å². The van der Waals surface area contributed by atoms with Crippen molar-refractivity contribution in [3.63, 3.8) is 0 Å². The molecular formula is C27H30N2O4S. The van der Waals surface area contributed by atoms with Gasteiger partial charge < -0.3 is 14.8 Å². The molecule has 0 bridgehead atoms. The second kappa shape index (κ2) is 11.3. The van der Waals surface area contributed by atoms with Crippen molar-refractivity contribution in [2.75, 3.05) is 6.61 Å². The molecule has 4 rings (SSSR count). The predicted octanol–water partition coefficient (Wildman–Crippen LogP) is 5.71. The average Bonchev–Trinajstić information content (AvgIpc) is 3.47. The van der Waals surface area contributed by atoms with Gasteiger partial charge in [0.2, 0.25) is 0 Å². The number of carbonyl (C=O) groups is 2. The number of unbranched alkanes of at least 4 members (excludes halogenated alkanes) is 1. The maximum absolute atomic E-state index is 12.8. The van der Waals surface area contributed by atoms with E-state index in [1.165, 1.54) is 11.3 Å². The molecule has 0 fully saturated rings. The maximum atomic E-state index is 12.8. The number of esters is 1. The summed E-state index contributed by atoms with van der Waals surface area (Å²) < 4.78 is 11.2. The molecule has 1 heterocycles. The molecule has 0 aliphatic heterocycles. The molecule has 0 unspecified atom stereocenters. The fraction of sp³-hybridized carbons (Fsp3) is 0.370. The summed E-state index contributed by atoms with van der Waals surface area (Å²) in [6, 6.07) is 15.5. The van der Waals surface area contributed by atoms with Crippen molar-refractivity contribution in [2.24, 2.45) is 0 Å². The molecule has 3 aromatic rings. The van der Waals surface area contributed by atoms with Crippen LogP contribution >= 0.6 is 11.3 Å². The molecule has 1 aliphatic carbocycles. The molecule has 1 aromatic heterocycles. The number of nitrogens with zero attached hydrogens (tertiary/aromatic N) is 1. The van der Waals surface area contributed by atoms with Crippen molar-refractivity contribution in [2.45, 2.75) is 57.6 Å². The highest BCUT2D eigenvalue weighted by atomic mass is 32.1. The first kappa shape index (κ1) is 24.0. The summed E-state index contributed by atoms with van der Waals surface area (Å²) in [6.07, 6.45) is 2.20. The van der Waals surface area contributed by atoms with Gasteiger partial charge in [-0.2, -0.15) is 0 Å². The molecule has 2 aromatic carbocycles. The van der Waals surface area contributed by atoms with Gasteiger partial charge in [0.05, 0.1) is 17.3 Å². The number of hydrogen-bond donors (Lipinski definition) is 1. The van der Waals surface area contributed by atoms with E-state index in [1.807, 2.05) is 36.6 Å². The van der Waals surface area contributed by atoms with Gasteiger partial charge in [0, 0.05) is 17.7 Å². The number of benzene rings is 2. The Morgan fingerprint density at radius 3 is 2.38 bits per heavy atom. The lowest BCUT2D eigenvalue weighted by molar-refractivity contribution is -0.151. The summed E-state index contributed by atoms with van der Waals surface area (Å²) in [7, 11) is 0. The van der Waals surface area contributed by atoms with Gasteiger partial charge in [-0.3, -0.25) is 0 Å². The highest BCUT2D eigenvalue weighted by Crippen LogP contribution is 2.44. The number of hydrogen-bond acceptors (Lipinski definition) is 6. The Labute approximate surface area is 204 Å². The normalized spacial score (nSPS) is 14.1. The Morgan fingerprint density at radius 2 is 1.76 bits per heavy atom. The molecule has 6 nitrogen and oxygen atoms in total. The van der Waals surface area contributed by atoms with E-state index in [9.17, 15) is 9.59 Å². The van der Waals surface area contributed by atoms with Gasteiger partial charge in [0.1, 0.15) is 12.6 Å². The van der Waals surface area contributed by atoms with E-state index in [0.717, 1.165) is 47.2 Å². The first-order valence-corrected chi connectivity index (χ1v) is 12.7. The summed E-state index contributed by atoms with van der Waals surface area (Å²) >= 11 is 1.44. The summed E-state index contributed by atoms with van der Waals surface area (Å²) in [6.45, 7) is 4.16. The molecule has 34 heavy (non-hydrogen) atoms. The zero-order chi connectivity index (χ0) is 23.9. The summed E-state index contributed by atoms with van der Waals surface area (Å²) in [5.41, 5.74) is 7.04. The average molecular weight is 479 g/mol. The molecule has 1 amide bonds. The van der Waals surface area contributed by atoms with Crippen LogP contribution in [0.2, 0.25) is 0 Å².